The molecule has 0 aliphatic carbocycles. The molecule has 2 aliphatic rings. The number of carbonyl (C=O) groups is 1. The van der Waals surface area contributed by atoms with Crippen molar-refractivity contribution in [2.45, 2.75) is 18.4 Å². The summed E-state index contributed by atoms with van der Waals surface area (Å²) in [5.74, 6) is 1.13. The van der Waals surface area contributed by atoms with Gasteiger partial charge in [0.15, 0.2) is 0 Å². The summed E-state index contributed by atoms with van der Waals surface area (Å²) in [6.07, 6.45) is 2.09. The number of nitrogens with one attached hydrogen (secondary N) is 1. The topological polar surface area (TPSA) is 63.3 Å². The molecule has 2 fully saturated rings. The molecule has 0 spiro atoms. The lowest BCUT2D eigenvalue weighted by Gasteiger charge is -2.49. The van der Waals surface area contributed by atoms with Crippen molar-refractivity contribution in [3.8, 4) is 11.5 Å². The van der Waals surface area contributed by atoms with Crippen LogP contribution in [0, 0.1) is 0 Å². The van der Waals surface area contributed by atoms with Gasteiger partial charge in [-0.05, 0) is 45.1 Å². The molecule has 1 N–H and O–H groups in total. The van der Waals surface area contributed by atoms with Gasteiger partial charge >= 0.3 is 0 Å². The zero-order valence-corrected chi connectivity index (χ0v) is 16.6. The largest absolute Gasteiger partial charge is 0.497 e. The second kappa shape index (κ2) is 8.91. The van der Waals surface area contributed by atoms with Crippen molar-refractivity contribution in [2.75, 3.05) is 67.2 Å². The molecule has 0 aromatic heterocycles. The van der Waals surface area contributed by atoms with Gasteiger partial charge in [-0.2, -0.15) is 0 Å². The zero-order chi connectivity index (χ0) is 19.3. The van der Waals surface area contributed by atoms with E-state index in [9.17, 15) is 4.79 Å². The predicted octanol–water partition coefficient (Wildman–Crippen LogP) is 1.23. The third-order valence-corrected chi connectivity index (χ3v) is 5.79. The van der Waals surface area contributed by atoms with Crippen LogP contribution in [0.2, 0.25) is 0 Å². The molecule has 1 amide bonds. The number of methoxy groups -OCH3 is 2. The van der Waals surface area contributed by atoms with E-state index in [0.29, 0.717) is 23.6 Å². The molecule has 2 saturated heterocycles. The number of benzene rings is 1. The number of amides is 1. The number of likely N-dealkylation sites (tertiary alicyclic amines) is 1. The molecule has 2 heterocycles. The van der Waals surface area contributed by atoms with E-state index in [0.717, 1.165) is 52.2 Å². The maximum atomic E-state index is 12.8. The van der Waals surface area contributed by atoms with Gasteiger partial charge in [-0.3, -0.25) is 9.69 Å². The van der Waals surface area contributed by atoms with Crippen molar-refractivity contribution in [1.29, 1.82) is 0 Å². The maximum Gasteiger partial charge on any atom is 0.251 e. The Morgan fingerprint density at radius 1 is 1.07 bits per heavy atom. The summed E-state index contributed by atoms with van der Waals surface area (Å²) in [6, 6.07) is 5.25. The van der Waals surface area contributed by atoms with Gasteiger partial charge in [-0.15, -0.1) is 0 Å². The number of nitrogens with zero attached hydrogens (tertiary/aromatic N) is 2. The molecule has 0 saturated carbocycles. The zero-order valence-electron chi connectivity index (χ0n) is 16.6. The van der Waals surface area contributed by atoms with Crippen LogP contribution in [0.5, 0.6) is 11.5 Å². The highest BCUT2D eigenvalue weighted by Crippen LogP contribution is 2.29. The second-order valence-electron chi connectivity index (χ2n) is 7.41. The molecule has 1 aromatic rings. The lowest BCUT2D eigenvalue weighted by molar-refractivity contribution is -0.0439. The van der Waals surface area contributed by atoms with E-state index in [1.807, 2.05) is 0 Å². The van der Waals surface area contributed by atoms with Crippen molar-refractivity contribution in [3.05, 3.63) is 23.8 Å². The quantitative estimate of drug-likeness (QED) is 0.805. The normalized spacial score (nSPS) is 20.9. The first-order valence-corrected chi connectivity index (χ1v) is 9.59. The van der Waals surface area contributed by atoms with Crippen LogP contribution in [0.3, 0.4) is 0 Å². The Morgan fingerprint density at radius 3 is 2.22 bits per heavy atom. The number of rotatable bonds is 6. The van der Waals surface area contributed by atoms with Crippen LogP contribution in [0.25, 0.3) is 0 Å². The number of morpholine rings is 1. The maximum absolute atomic E-state index is 12.8. The van der Waals surface area contributed by atoms with Crippen LogP contribution >= 0.6 is 0 Å². The first-order valence-electron chi connectivity index (χ1n) is 9.59. The smallest absolute Gasteiger partial charge is 0.251 e. The molecule has 0 bridgehead atoms. The first-order chi connectivity index (χ1) is 13.1. The fourth-order valence-corrected chi connectivity index (χ4v) is 3.96. The molecule has 7 nitrogen and oxygen atoms in total. The minimum atomic E-state index is -0.0984. The van der Waals surface area contributed by atoms with Gasteiger partial charge in [0.05, 0.1) is 27.4 Å². The molecule has 0 radical (unpaired) electrons. The molecule has 0 atom stereocenters. The van der Waals surface area contributed by atoms with Gasteiger partial charge in [0, 0.05) is 36.8 Å². The van der Waals surface area contributed by atoms with Crippen molar-refractivity contribution in [2.24, 2.45) is 0 Å². The van der Waals surface area contributed by atoms with E-state index in [2.05, 4.69) is 22.2 Å². The summed E-state index contributed by atoms with van der Waals surface area (Å²) >= 11 is 0. The highest BCUT2D eigenvalue weighted by Gasteiger charge is 2.40. The molecule has 27 heavy (non-hydrogen) atoms. The summed E-state index contributed by atoms with van der Waals surface area (Å²) in [5.41, 5.74) is 0.547. The molecule has 2 aliphatic heterocycles. The minimum absolute atomic E-state index is 0.00506. The van der Waals surface area contributed by atoms with Gasteiger partial charge in [-0.1, -0.05) is 0 Å². The van der Waals surface area contributed by atoms with Crippen LogP contribution < -0.4 is 14.8 Å². The Labute approximate surface area is 161 Å². The first kappa shape index (κ1) is 19.9. The van der Waals surface area contributed by atoms with Crippen LogP contribution in [-0.4, -0.2) is 88.5 Å². The number of hydrogen-bond acceptors (Lipinski definition) is 6. The molecular formula is C20H31N3O4. The number of ether oxygens (including phenoxy) is 3. The highest BCUT2D eigenvalue weighted by atomic mass is 16.5. The summed E-state index contributed by atoms with van der Waals surface area (Å²) in [6.45, 7) is 6.09. The van der Waals surface area contributed by atoms with E-state index in [4.69, 9.17) is 14.2 Å². The molecule has 0 unspecified atom stereocenters. The van der Waals surface area contributed by atoms with Crippen LogP contribution in [0.1, 0.15) is 23.2 Å². The highest BCUT2D eigenvalue weighted by molar-refractivity contribution is 5.95. The molecular weight excluding hydrogens is 346 g/mol. The molecule has 3 rings (SSSR count). The minimum Gasteiger partial charge on any atom is -0.497 e. The summed E-state index contributed by atoms with van der Waals surface area (Å²) in [7, 11) is 5.33. The predicted molar refractivity (Wildman–Crippen MR) is 104 cm³/mol. The fourth-order valence-electron chi connectivity index (χ4n) is 3.96. The number of piperidine rings is 1. The third kappa shape index (κ3) is 4.72. The summed E-state index contributed by atoms with van der Waals surface area (Å²) in [4.78, 5) is 17.7. The number of hydrogen-bond donors (Lipinski definition) is 1. The van der Waals surface area contributed by atoms with E-state index in [1.54, 1.807) is 32.4 Å². The monoisotopic (exact) mass is 377 g/mol. The van der Waals surface area contributed by atoms with Gasteiger partial charge in [0.2, 0.25) is 0 Å². The number of carbonyl (C=O) groups excluding carboxylic acids is 1. The Morgan fingerprint density at radius 2 is 1.67 bits per heavy atom. The van der Waals surface area contributed by atoms with E-state index in [1.165, 1.54) is 0 Å². The van der Waals surface area contributed by atoms with E-state index < -0.39 is 0 Å². The van der Waals surface area contributed by atoms with Crippen molar-refractivity contribution in [3.63, 3.8) is 0 Å². The van der Waals surface area contributed by atoms with Gasteiger partial charge < -0.3 is 24.4 Å². The Balaban J connectivity index is 1.72. The summed E-state index contributed by atoms with van der Waals surface area (Å²) in [5, 5.41) is 3.17. The second-order valence-corrected chi connectivity index (χ2v) is 7.41. The molecule has 150 valence electrons. The molecule has 1 aromatic carbocycles. The average Bonchev–Trinajstić information content (AvgIpc) is 2.73. The lowest BCUT2D eigenvalue weighted by atomic mass is 9.85. The Hall–Kier alpha value is -1.83. The third-order valence-electron chi connectivity index (χ3n) is 5.79. The Kier molecular flexibility index (Phi) is 6.57. The van der Waals surface area contributed by atoms with Crippen molar-refractivity contribution in [1.82, 2.24) is 15.1 Å². The van der Waals surface area contributed by atoms with Crippen LogP contribution in [-0.2, 0) is 4.74 Å². The Bertz CT molecular complexity index is 616. The van der Waals surface area contributed by atoms with Gasteiger partial charge in [0.25, 0.3) is 5.91 Å². The standard InChI is InChI=1S/C20H31N3O4/c1-22-6-4-20(5-7-22,23-8-10-27-11-9-23)15-21-19(24)16-12-17(25-2)14-18(13-16)26-3/h12-14H,4-11,15H2,1-3H3,(H,21,24). The van der Waals surface area contributed by atoms with Gasteiger partial charge in [-0.25, -0.2) is 0 Å². The van der Waals surface area contributed by atoms with Crippen LogP contribution in [0.15, 0.2) is 18.2 Å². The lowest BCUT2D eigenvalue weighted by Crippen LogP contribution is -2.62. The van der Waals surface area contributed by atoms with Crippen molar-refractivity contribution < 1.29 is 19.0 Å². The SMILES string of the molecule is COc1cc(OC)cc(C(=O)NCC2(N3CCOCC3)CCN(C)CC2)c1. The fraction of sp³-hybridized carbons (Fsp3) is 0.650. The average molecular weight is 377 g/mol. The molecule has 7 heteroatoms. The van der Waals surface area contributed by atoms with Gasteiger partial charge in [0.1, 0.15) is 11.5 Å². The van der Waals surface area contributed by atoms with Crippen LogP contribution in [0.4, 0.5) is 0 Å². The van der Waals surface area contributed by atoms with Crippen molar-refractivity contribution >= 4 is 5.91 Å². The van der Waals surface area contributed by atoms with E-state index >= 15 is 0 Å². The summed E-state index contributed by atoms with van der Waals surface area (Å²) < 4.78 is 16.1. The van der Waals surface area contributed by atoms with E-state index in [-0.39, 0.29) is 11.4 Å².